The Labute approximate surface area is 191 Å². The Bertz CT molecular complexity index is 847. The third kappa shape index (κ3) is 4.35. The van der Waals surface area contributed by atoms with E-state index < -0.39 is 0 Å². The summed E-state index contributed by atoms with van der Waals surface area (Å²) in [4.78, 5) is 40.1. The molecule has 0 spiro atoms. The zero-order valence-corrected chi connectivity index (χ0v) is 19.3. The highest BCUT2D eigenvalue weighted by molar-refractivity contribution is 5.98. The molecular formula is C27H36N2O3. The van der Waals surface area contributed by atoms with Crippen LogP contribution in [0.15, 0.2) is 24.3 Å². The summed E-state index contributed by atoms with van der Waals surface area (Å²) in [6.45, 7) is 3.33. The van der Waals surface area contributed by atoms with E-state index in [1.54, 1.807) is 0 Å². The Morgan fingerprint density at radius 2 is 1.47 bits per heavy atom. The number of ketones is 1. The van der Waals surface area contributed by atoms with Gasteiger partial charge in [-0.1, -0.05) is 29.8 Å². The number of likely N-dealkylation sites (tertiary alicyclic amines) is 1. The number of nitrogens with one attached hydrogen (secondary N) is 1. The second-order valence-electron chi connectivity index (χ2n) is 11.1. The SMILES string of the molecule is Cc1ccc(C(=O)CCC(=O)N2CCC(NC(=O)C34CC5CC(CC(C5)C3)C4)CC2)cc1. The monoisotopic (exact) mass is 436 g/mol. The number of carbonyl (C=O) groups is 3. The van der Waals surface area contributed by atoms with Crippen LogP contribution in [0.4, 0.5) is 0 Å². The number of piperidine rings is 1. The van der Waals surface area contributed by atoms with Gasteiger partial charge >= 0.3 is 0 Å². The quantitative estimate of drug-likeness (QED) is 0.677. The molecule has 0 aromatic heterocycles. The van der Waals surface area contributed by atoms with Crippen LogP contribution in [0.2, 0.25) is 0 Å². The Balaban J connectivity index is 1.07. The van der Waals surface area contributed by atoms with Crippen molar-refractivity contribution < 1.29 is 14.4 Å². The van der Waals surface area contributed by atoms with Gasteiger partial charge in [-0.25, -0.2) is 0 Å². The highest BCUT2D eigenvalue weighted by atomic mass is 16.2. The Hall–Kier alpha value is -2.17. The van der Waals surface area contributed by atoms with E-state index in [0.717, 1.165) is 55.4 Å². The molecule has 32 heavy (non-hydrogen) atoms. The predicted octanol–water partition coefficient (Wildman–Crippen LogP) is 4.28. The summed E-state index contributed by atoms with van der Waals surface area (Å²) in [5.41, 5.74) is 1.70. The molecule has 1 saturated heterocycles. The molecular weight excluding hydrogens is 400 g/mol. The number of Topliss-reactive ketones (excluding diaryl/α,β-unsaturated/α-hetero) is 1. The largest absolute Gasteiger partial charge is 0.353 e. The van der Waals surface area contributed by atoms with Crippen molar-refractivity contribution in [3.63, 3.8) is 0 Å². The molecule has 1 aliphatic heterocycles. The molecule has 5 aliphatic rings. The third-order valence-electron chi connectivity index (χ3n) is 8.64. The van der Waals surface area contributed by atoms with E-state index in [-0.39, 0.29) is 36.0 Å². The average molecular weight is 437 g/mol. The first-order valence-electron chi connectivity index (χ1n) is 12.6. The van der Waals surface area contributed by atoms with Crippen LogP contribution < -0.4 is 5.32 Å². The van der Waals surface area contributed by atoms with E-state index in [9.17, 15) is 14.4 Å². The van der Waals surface area contributed by atoms with Gasteiger partial charge in [0.2, 0.25) is 11.8 Å². The summed E-state index contributed by atoms with van der Waals surface area (Å²) in [6.07, 6.45) is 9.47. The summed E-state index contributed by atoms with van der Waals surface area (Å²) in [5, 5.41) is 3.38. The molecule has 0 atom stereocenters. The minimum atomic E-state index is -0.0992. The van der Waals surface area contributed by atoms with Gasteiger partial charge in [0, 0.05) is 43.0 Å². The lowest BCUT2D eigenvalue weighted by Gasteiger charge is -2.56. The maximum absolute atomic E-state index is 13.3. The fourth-order valence-corrected chi connectivity index (χ4v) is 7.26. The van der Waals surface area contributed by atoms with Gasteiger partial charge < -0.3 is 10.2 Å². The Kier molecular flexibility index (Phi) is 5.85. The maximum atomic E-state index is 13.3. The predicted molar refractivity (Wildman–Crippen MR) is 123 cm³/mol. The van der Waals surface area contributed by atoms with Crippen molar-refractivity contribution in [1.29, 1.82) is 0 Å². The topological polar surface area (TPSA) is 66.5 Å². The van der Waals surface area contributed by atoms with Gasteiger partial charge in [0.05, 0.1) is 0 Å². The second kappa shape index (κ2) is 8.64. The van der Waals surface area contributed by atoms with Crippen LogP contribution in [0.5, 0.6) is 0 Å². The van der Waals surface area contributed by atoms with Crippen LogP contribution in [0.25, 0.3) is 0 Å². The molecule has 4 aliphatic carbocycles. The highest BCUT2D eigenvalue weighted by Gasteiger charge is 2.54. The van der Waals surface area contributed by atoms with Crippen molar-refractivity contribution >= 4 is 17.6 Å². The van der Waals surface area contributed by atoms with Crippen molar-refractivity contribution in [2.24, 2.45) is 23.2 Å². The lowest BCUT2D eigenvalue weighted by atomic mass is 9.49. The van der Waals surface area contributed by atoms with Gasteiger partial charge in [0.15, 0.2) is 5.78 Å². The summed E-state index contributed by atoms with van der Waals surface area (Å²) < 4.78 is 0. The molecule has 2 amide bonds. The number of nitrogens with zero attached hydrogens (tertiary/aromatic N) is 1. The molecule has 0 radical (unpaired) electrons. The fraction of sp³-hybridized carbons (Fsp3) is 0.667. The van der Waals surface area contributed by atoms with Crippen LogP contribution in [0.1, 0.15) is 80.1 Å². The average Bonchev–Trinajstić information content (AvgIpc) is 2.77. The van der Waals surface area contributed by atoms with E-state index in [1.807, 2.05) is 36.1 Å². The van der Waals surface area contributed by atoms with Gasteiger partial charge in [-0.3, -0.25) is 14.4 Å². The van der Waals surface area contributed by atoms with Crippen LogP contribution in [0, 0.1) is 30.1 Å². The molecule has 6 rings (SSSR count). The fourth-order valence-electron chi connectivity index (χ4n) is 7.26. The highest BCUT2D eigenvalue weighted by Crippen LogP contribution is 2.60. The lowest BCUT2D eigenvalue weighted by Crippen LogP contribution is -2.56. The third-order valence-corrected chi connectivity index (χ3v) is 8.64. The van der Waals surface area contributed by atoms with Crippen molar-refractivity contribution in [3.05, 3.63) is 35.4 Å². The van der Waals surface area contributed by atoms with E-state index in [1.165, 1.54) is 19.3 Å². The minimum absolute atomic E-state index is 0.0241. The van der Waals surface area contributed by atoms with Gasteiger partial charge in [0.25, 0.3) is 0 Å². The van der Waals surface area contributed by atoms with Gasteiger partial charge in [-0.05, 0) is 76.0 Å². The van der Waals surface area contributed by atoms with Crippen LogP contribution in [-0.2, 0) is 9.59 Å². The number of rotatable bonds is 6. The molecule has 1 aromatic carbocycles. The van der Waals surface area contributed by atoms with Crippen LogP contribution in [0.3, 0.4) is 0 Å². The Morgan fingerprint density at radius 3 is 2.03 bits per heavy atom. The minimum Gasteiger partial charge on any atom is -0.353 e. The number of benzene rings is 1. The van der Waals surface area contributed by atoms with E-state index >= 15 is 0 Å². The molecule has 1 N–H and O–H groups in total. The first-order chi connectivity index (χ1) is 15.4. The van der Waals surface area contributed by atoms with Gasteiger partial charge in [-0.15, -0.1) is 0 Å². The molecule has 4 saturated carbocycles. The van der Waals surface area contributed by atoms with Crippen molar-refractivity contribution in [1.82, 2.24) is 10.2 Å². The first-order valence-corrected chi connectivity index (χ1v) is 12.6. The van der Waals surface area contributed by atoms with E-state index in [2.05, 4.69) is 5.32 Å². The number of hydrogen-bond acceptors (Lipinski definition) is 3. The molecule has 1 heterocycles. The van der Waals surface area contributed by atoms with Crippen molar-refractivity contribution in [3.8, 4) is 0 Å². The molecule has 4 bridgehead atoms. The standard InChI is InChI=1S/C27H36N2O3/c1-18-2-4-22(5-3-18)24(30)6-7-25(31)29-10-8-23(9-11-29)28-26(32)27-15-19-12-20(16-27)14-21(13-19)17-27/h2-5,19-21,23H,6-17H2,1H3,(H,28,32). The molecule has 5 nitrogen and oxygen atoms in total. The Morgan fingerprint density at radius 1 is 0.906 bits per heavy atom. The summed E-state index contributed by atoms with van der Waals surface area (Å²) in [7, 11) is 0. The van der Waals surface area contributed by atoms with Crippen molar-refractivity contribution in [2.45, 2.75) is 77.2 Å². The van der Waals surface area contributed by atoms with Gasteiger partial charge in [0.1, 0.15) is 0 Å². The summed E-state index contributed by atoms with van der Waals surface area (Å²) in [6, 6.07) is 7.70. The summed E-state index contributed by atoms with van der Waals surface area (Å²) >= 11 is 0. The zero-order valence-electron chi connectivity index (χ0n) is 19.3. The normalized spacial score (nSPS) is 31.5. The van der Waals surface area contributed by atoms with Crippen molar-refractivity contribution in [2.75, 3.05) is 13.1 Å². The van der Waals surface area contributed by atoms with Crippen LogP contribution in [-0.4, -0.2) is 41.6 Å². The molecule has 1 aromatic rings. The molecule has 5 heteroatoms. The molecule has 5 fully saturated rings. The number of amides is 2. The van der Waals surface area contributed by atoms with E-state index in [4.69, 9.17) is 0 Å². The second-order valence-corrected chi connectivity index (χ2v) is 11.1. The van der Waals surface area contributed by atoms with E-state index in [0.29, 0.717) is 24.6 Å². The summed E-state index contributed by atoms with van der Waals surface area (Å²) in [5.74, 6) is 2.69. The van der Waals surface area contributed by atoms with Crippen LogP contribution >= 0.6 is 0 Å². The zero-order chi connectivity index (χ0) is 22.3. The number of aryl methyl sites for hydroxylation is 1. The molecule has 0 unspecified atom stereocenters. The smallest absolute Gasteiger partial charge is 0.226 e. The number of hydrogen-bond donors (Lipinski definition) is 1. The maximum Gasteiger partial charge on any atom is 0.226 e. The first kappa shape index (κ1) is 21.7. The number of carbonyl (C=O) groups excluding carboxylic acids is 3. The lowest BCUT2D eigenvalue weighted by molar-refractivity contribution is -0.147. The molecule has 172 valence electrons. The van der Waals surface area contributed by atoms with Gasteiger partial charge in [-0.2, -0.15) is 0 Å².